The minimum atomic E-state index is -5.29. The molecule has 0 saturated heterocycles. The molecule has 0 aromatic heterocycles. The average molecular weight is 285 g/mol. The van der Waals surface area contributed by atoms with E-state index < -0.39 is 29.4 Å². The first-order chi connectivity index (χ1) is 6.63. The first kappa shape index (κ1) is 13.3. The van der Waals surface area contributed by atoms with Crippen LogP contribution >= 0.6 is 23.4 Å². The van der Waals surface area contributed by atoms with Crippen LogP contribution in [0.1, 0.15) is 0 Å². The summed E-state index contributed by atoms with van der Waals surface area (Å²) in [5, 5.41) is 0. The average Bonchev–Trinajstić information content (AvgIpc) is 1.99. The largest absolute Gasteiger partial charge is 0.469 e. The van der Waals surface area contributed by atoms with E-state index >= 15 is 0 Å². The molecule has 1 N–H and O–H groups in total. The summed E-state index contributed by atoms with van der Waals surface area (Å²) in [4.78, 5) is 11.4. The smallest absolute Gasteiger partial charge is 0.249 e. The van der Waals surface area contributed by atoms with Crippen molar-refractivity contribution in [1.29, 1.82) is 0 Å². The van der Waals surface area contributed by atoms with Gasteiger partial charge in [-0.3, -0.25) is 0 Å². The van der Waals surface area contributed by atoms with Gasteiger partial charge in [0.1, 0.15) is 0 Å². The summed E-state index contributed by atoms with van der Waals surface area (Å²) in [6, 6.07) is -0.395. The van der Waals surface area contributed by atoms with Crippen molar-refractivity contribution in [2.24, 2.45) is 9.03 Å². The molecule has 0 amide bonds. The summed E-state index contributed by atoms with van der Waals surface area (Å²) in [7, 11) is -12.1. The van der Waals surface area contributed by atoms with E-state index in [4.69, 9.17) is 0 Å². The van der Waals surface area contributed by atoms with Gasteiger partial charge in [0.15, 0.2) is 0 Å². The molecule has 0 bridgehead atoms. The van der Waals surface area contributed by atoms with E-state index in [1.54, 1.807) is 0 Å². The van der Waals surface area contributed by atoms with Crippen molar-refractivity contribution >= 4 is 29.4 Å². The maximum Gasteiger partial charge on any atom is 0.469 e. The van der Waals surface area contributed by atoms with Gasteiger partial charge in [-0.05, 0) is 27.7 Å². The van der Waals surface area contributed by atoms with E-state index in [0.717, 1.165) is 19.0 Å². The van der Waals surface area contributed by atoms with Gasteiger partial charge in [0.25, 0.3) is 0 Å². The van der Waals surface area contributed by atoms with Crippen LogP contribution in [-0.4, -0.2) is 24.8 Å². The van der Waals surface area contributed by atoms with Gasteiger partial charge >= 0.3 is 29.4 Å². The van der Waals surface area contributed by atoms with Crippen molar-refractivity contribution in [3.63, 3.8) is 0 Å². The first-order valence-corrected chi connectivity index (χ1v) is 8.27. The van der Waals surface area contributed by atoms with Gasteiger partial charge in [0.2, 0.25) is 0 Å². The third-order valence-electron chi connectivity index (χ3n) is 1.38. The van der Waals surface area contributed by atoms with E-state index in [1.807, 2.05) is 0 Å². The van der Waals surface area contributed by atoms with Crippen LogP contribution in [0, 0.1) is 0 Å². The Kier molecular flexibility index (Phi) is 3.45. The molecule has 0 fully saturated rings. The number of nitrogens with one attached hydrogen (secondary N) is 1. The molecule has 2 atom stereocenters. The molecule has 88 valence electrons. The Morgan fingerprint density at radius 2 is 1.93 bits per heavy atom. The zero-order valence-electron chi connectivity index (χ0n) is 7.68. The van der Waals surface area contributed by atoms with Gasteiger partial charge in [0, 0.05) is 0 Å². The van der Waals surface area contributed by atoms with Crippen LogP contribution in [0.2, 0.25) is 0 Å². The molecule has 0 saturated carbocycles. The third kappa shape index (κ3) is 2.86. The van der Waals surface area contributed by atoms with Crippen LogP contribution < -0.4 is 4.86 Å². The van der Waals surface area contributed by atoms with Crippen molar-refractivity contribution in [2.75, 3.05) is 14.1 Å². The molecule has 0 aliphatic carbocycles. The number of carbonyl (C=O) groups excluding carboxylic acids is 1. The number of halogens is 4. The molecular formula is C3H8F4N4OP3+. The fourth-order valence-corrected chi connectivity index (χ4v) is 7.70. The molecule has 12 heteroatoms. The van der Waals surface area contributed by atoms with Crippen molar-refractivity contribution in [3.05, 3.63) is 0 Å². The second-order valence-electron chi connectivity index (χ2n) is 2.81. The number of hydrogen-bond donors (Lipinski definition) is 1. The summed E-state index contributed by atoms with van der Waals surface area (Å²) in [5.74, 6) is 0. The summed E-state index contributed by atoms with van der Waals surface area (Å²) in [6.45, 7) is 0. The lowest BCUT2D eigenvalue weighted by Gasteiger charge is -2.22. The summed E-state index contributed by atoms with van der Waals surface area (Å²) in [5.41, 5.74) is 0. The minimum absolute atomic E-state index is 0.395. The first-order valence-electron chi connectivity index (χ1n) is 3.51. The second kappa shape index (κ2) is 3.90. The van der Waals surface area contributed by atoms with E-state index in [9.17, 15) is 21.6 Å². The van der Waals surface area contributed by atoms with Crippen LogP contribution in [0.15, 0.2) is 9.03 Å². The Labute approximate surface area is 84.4 Å². The van der Waals surface area contributed by atoms with E-state index in [-0.39, 0.29) is 0 Å². The highest BCUT2D eigenvalue weighted by Crippen LogP contribution is 2.81. The topological polar surface area (TPSA) is 57.1 Å². The molecule has 1 aliphatic heterocycles. The van der Waals surface area contributed by atoms with E-state index in [1.165, 1.54) is 0 Å². The Hall–Kier alpha value is 0.200. The fourth-order valence-electron chi connectivity index (χ4n) is 0.740. The predicted molar refractivity (Wildman–Crippen MR) is 53.6 cm³/mol. The van der Waals surface area contributed by atoms with Gasteiger partial charge in [0.05, 0.1) is 0 Å². The molecule has 1 heterocycles. The molecular weight excluding hydrogens is 277 g/mol. The lowest BCUT2D eigenvalue weighted by Crippen LogP contribution is -2.12. The molecule has 0 aromatic carbocycles. The van der Waals surface area contributed by atoms with Gasteiger partial charge < -0.3 is 0 Å². The summed E-state index contributed by atoms with van der Waals surface area (Å²) < 4.78 is 59.0. The molecule has 0 aromatic rings. The van der Waals surface area contributed by atoms with Crippen LogP contribution in [0.25, 0.3) is 0 Å². The Morgan fingerprint density at radius 3 is 2.33 bits per heavy atom. The highest BCUT2D eigenvalue weighted by molar-refractivity contribution is 7.93. The predicted octanol–water partition coefficient (Wildman–Crippen LogP) is 3.87. The van der Waals surface area contributed by atoms with Gasteiger partial charge in [-0.25, -0.2) is 9.46 Å². The summed E-state index contributed by atoms with van der Waals surface area (Å²) in [6.07, 6.45) is 0. The fraction of sp³-hybridized carbons (Fsp3) is 0.667. The number of nitrogens with zero attached hydrogens (tertiary/aromatic N) is 3. The van der Waals surface area contributed by atoms with Crippen LogP contribution in [-0.2, 0) is 4.79 Å². The van der Waals surface area contributed by atoms with Crippen molar-refractivity contribution < 1.29 is 21.6 Å². The SMILES string of the molecule is CN(C)P1(F)=N[P+](F)(C=O)NP(F)(F)=N1. The molecule has 0 radical (unpaired) electrons. The van der Waals surface area contributed by atoms with Crippen LogP contribution in [0.3, 0.4) is 0 Å². The molecule has 5 nitrogen and oxygen atoms in total. The monoisotopic (exact) mass is 285 g/mol. The maximum atomic E-state index is 13.7. The van der Waals surface area contributed by atoms with Crippen molar-refractivity contribution in [2.45, 2.75) is 0 Å². The number of hydrogen-bond acceptors (Lipinski definition) is 5. The molecule has 0 spiro atoms. The normalized spacial score (nSPS) is 39.4. The third-order valence-corrected chi connectivity index (χ3v) is 8.52. The Balaban J connectivity index is 3.38. The van der Waals surface area contributed by atoms with Gasteiger partial charge in [-0.2, -0.15) is 12.6 Å². The molecule has 1 rings (SSSR count). The lowest BCUT2D eigenvalue weighted by molar-refractivity contribution is 0.564. The van der Waals surface area contributed by atoms with Crippen LogP contribution in [0.4, 0.5) is 16.8 Å². The quantitative estimate of drug-likeness (QED) is 0.476. The standard InChI is InChI=1S/C3H8F4N4OP3/c1-11(2)15(7)9-13(4,3-12)8-14(5,6)10-15/h3,8H,1-2H3/q+1. The maximum absolute atomic E-state index is 13.7. The lowest BCUT2D eigenvalue weighted by atomic mass is 11.3. The van der Waals surface area contributed by atoms with Crippen molar-refractivity contribution in [3.8, 4) is 0 Å². The summed E-state index contributed by atoms with van der Waals surface area (Å²) >= 11 is 0. The number of rotatable bonds is 2. The highest BCUT2D eigenvalue weighted by atomic mass is 31.3. The molecule has 15 heavy (non-hydrogen) atoms. The second-order valence-corrected chi connectivity index (χ2v) is 9.22. The highest BCUT2D eigenvalue weighted by Gasteiger charge is 2.56. The van der Waals surface area contributed by atoms with Crippen molar-refractivity contribution in [1.82, 2.24) is 9.53 Å². The minimum Gasteiger partial charge on any atom is -0.249 e. The molecule has 2 unspecified atom stereocenters. The Bertz CT molecular complexity index is 393. The van der Waals surface area contributed by atoms with Gasteiger partial charge in [-0.15, -0.1) is 4.52 Å². The zero-order chi connectivity index (χ0) is 11.9. The van der Waals surface area contributed by atoms with E-state index in [0.29, 0.717) is 4.67 Å². The van der Waals surface area contributed by atoms with Crippen LogP contribution in [0.5, 0.6) is 0 Å². The molecule has 1 aliphatic rings. The Morgan fingerprint density at radius 1 is 1.40 bits per heavy atom. The van der Waals surface area contributed by atoms with Gasteiger partial charge in [-0.1, -0.05) is 0 Å². The number of carbonyl (C=O) groups is 1. The zero-order valence-corrected chi connectivity index (χ0v) is 10.4. The van der Waals surface area contributed by atoms with E-state index in [2.05, 4.69) is 9.03 Å².